The van der Waals surface area contributed by atoms with Crippen molar-refractivity contribution in [3.63, 3.8) is 0 Å². The van der Waals surface area contributed by atoms with Gasteiger partial charge in [-0.1, -0.05) is 18.2 Å². The van der Waals surface area contributed by atoms with Crippen LogP contribution in [0.3, 0.4) is 0 Å². The van der Waals surface area contributed by atoms with Gasteiger partial charge in [0.05, 0.1) is 17.6 Å². The lowest BCUT2D eigenvalue weighted by atomic mass is 10.1. The van der Waals surface area contributed by atoms with Crippen LogP contribution in [-0.2, 0) is 25.1 Å². The molecule has 1 fully saturated rings. The molecule has 3 rings (SSSR count). The molecule has 1 aromatic heterocycles. The molecular weight excluding hydrogens is 368 g/mol. The Labute approximate surface area is 159 Å². The van der Waals surface area contributed by atoms with E-state index in [0.717, 1.165) is 24.0 Å². The largest absolute Gasteiger partial charge is 0.441 e. The lowest BCUT2D eigenvalue weighted by Gasteiger charge is -2.10. The predicted octanol–water partition coefficient (Wildman–Crippen LogP) is 2.17. The molecule has 0 radical (unpaired) electrons. The second-order valence-electron chi connectivity index (χ2n) is 6.81. The van der Waals surface area contributed by atoms with Crippen LogP contribution in [0.15, 0.2) is 28.7 Å². The SMILES string of the molecule is Cc1ccccc1-c1nc(CS(=O)(=O)CC(=O)NC[C@H]2CCCO2)c(C)o1. The van der Waals surface area contributed by atoms with Crippen LogP contribution >= 0.6 is 0 Å². The highest BCUT2D eigenvalue weighted by molar-refractivity contribution is 7.91. The molecule has 1 amide bonds. The quantitative estimate of drug-likeness (QED) is 0.775. The average Bonchev–Trinajstić information content (AvgIpc) is 3.23. The number of amides is 1. The Morgan fingerprint density at radius 1 is 1.30 bits per heavy atom. The fraction of sp³-hybridized carbons (Fsp3) is 0.474. The highest BCUT2D eigenvalue weighted by atomic mass is 32.2. The Morgan fingerprint density at radius 2 is 2.07 bits per heavy atom. The molecule has 27 heavy (non-hydrogen) atoms. The molecule has 146 valence electrons. The zero-order valence-corrected chi connectivity index (χ0v) is 16.3. The van der Waals surface area contributed by atoms with Crippen molar-refractivity contribution >= 4 is 15.7 Å². The summed E-state index contributed by atoms with van der Waals surface area (Å²) in [7, 11) is -3.66. The van der Waals surface area contributed by atoms with Crippen molar-refractivity contribution in [1.29, 1.82) is 0 Å². The maximum Gasteiger partial charge on any atom is 0.235 e. The molecule has 1 aliphatic rings. The van der Waals surface area contributed by atoms with E-state index in [9.17, 15) is 13.2 Å². The number of rotatable bonds is 7. The number of hydrogen-bond acceptors (Lipinski definition) is 6. The molecule has 0 saturated carbocycles. The normalized spacial score (nSPS) is 17.2. The molecule has 1 aliphatic heterocycles. The molecule has 0 spiro atoms. The molecule has 1 aromatic carbocycles. The third kappa shape index (κ3) is 5.17. The van der Waals surface area contributed by atoms with Gasteiger partial charge in [0.2, 0.25) is 11.8 Å². The number of benzene rings is 1. The highest BCUT2D eigenvalue weighted by Gasteiger charge is 2.23. The fourth-order valence-corrected chi connectivity index (χ4v) is 4.32. The Morgan fingerprint density at radius 3 is 2.78 bits per heavy atom. The standard InChI is InChI=1S/C19H24N2O5S/c1-13-6-3-4-8-16(13)19-21-17(14(2)26-19)11-27(23,24)12-18(22)20-10-15-7-5-9-25-15/h3-4,6,8,15H,5,7,9-12H2,1-2H3,(H,20,22)/t15-/m1/s1. The minimum absolute atomic E-state index is 0.0221. The Balaban J connectivity index is 1.63. The van der Waals surface area contributed by atoms with Crippen molar-refractivity contribution in [2.75, 3.05) is 18.9 Å². The lowest BCUT2D eigenvalue weighted by molar-refractivity contribution is -0.119. The summed E-state index contributed by atoms with van der Waals surface area (Å²) in [5.41, 5.74) is 2.14. The van der Waals surface area contributed by atoms with E-state index in [1.165, 1.54) is 0 Å². The number of nitrogens with zero attached hydrogens (tertiary/aromatic N) is 1. The van der Waals surface area contributed by atoms with Crippen LogP contribution in [0.25, 0.3) is 11.5 Å². The van der Waals surface area contributed by atoms with E-state index in [4.69, 9.17) is 9.15 Å². The molecule has 7 nitrogen and oxygen atoms in total. The zero-order chi connectivity index (χ0) is 19.4. The fourth-order valence-electron chi connectivity index (χ4n) is 3.03. The number of oxazole rings is 1. The summed E-state index contributed by atoms with van der Waals surface area (Å²) >= 11 is 0. The number of hydrogen-bond donors (Lipinski definition) is 1. The predicted molar refractivity (Wildman–Crippen MR) is 101 cm³/mol. The number of ether oxygens (including phenoxy) is 1. The van der Waals surface area contributed by atoms with Gasteiger partial charge in [0.15, 0.2) is 9.84 Å². The van der Waals surface area contributed by atoms with Gasteiger partial charge < -0.3 is 14.5 Å². The smallest absolute Gasteiger partial charge is 0.235 e. The number of sulfone groups is 1. The molecule has 0 unspecified atom stereocenters. The van der Waals surface area contributed by atoms with Crippen LogP contribution in [0.4, 0.5) is 0 Å². The van der Waals surface area contributed by atoms with Gasteiger partial charge in [-0.15, -0.1) is 0 Å². The van der Waals surface area contributed by atoms with Crippen molar-refractivity contribution in [3.05, 3.63) is 41.3 Å². The van der Waals surface area contributed by atoms with Crippen molar-refractivity contribution in [3.8, 4) is 11.5 Å². The number of nitrogens with one attached hydrogen (secondary N) is 1. The Hall–Kier alpha value is -2.19. The molecule has 0 aliphatic carbocycles. The van der Waals surface area contributed by atoms with Crippen LogP contribution < -0.4 is 5.32 Å². The van der Waals surface area contributed by atoms with Crippen LogP contribution in [0.1, 0.15) is 29.9 Å². The second-order valence-corrected chi connectivity index (χ2v) is 8.87. The first kappa shape index (κ1) is 19.6. The monoisotopic (exact) mass is 392 g/mol. The van der Waals surface area contributed by atoms with Gasteiger partial charge in [0.25, 0.3) is 0 Å². The van der Waals surface area contributed by atoms with Crippen molar-refractivity contribution in [2.45, 2.75) is 38.5 Å². The van der Waals surface area contributed by atoms with Gasteiger partial charge in [-0.05, 0) is 38.3 Å². The molecule has 1 N–H and O–H groups in total. The first-order valence-corrected chi connectivity index (χ1v) is 10.8. The average molecular weight is 392 g/mol. The Kier molecular flexibility index (Phi) is 5.96. The third-order valence-electron chi connectivity index (χ3n) is 4.53. The van der Waals surface area contributed by atoms with E-state index in [2.05, 4.69) is 10.3 Å². The molecule has 1 saturated heterocycles. The van der Waals surface area contributed by atoms with Crippen LogP contribution in [-0.4, -0.2) is 44.3 Å². The molecule has 0 bridgehead atoms. The van der Waals surface area contributed by atoms with E-state index < -0.39 is 21.5 Å². The van der Waals surface area contributed by atoms with Crippen LogP contribution in [0.2, 0.25) is 0 Å². The van der Waals surface area contributed by atoms with Crippen molar-refractivity contribution in [2.24, 2.45) is 0 Å². The molecule has 2 aromatic rings. The van der Waals surface area contributed by atoms with Crippen LogP contribution in [0, 0.1) is 13.8 Å². The van der Waals surface area contributed by atoms with Crippen molar-refractivity contribution < 1.29 is 22.4 Å². The summed E-state index contributed by atoms with van der Waals surface area (Å²) in [6.45, 7) is 4.64. The maximum atomic E-state index is 12.4. The minimum Gasteiger partial charge on any atom is -0.441 e. The van der Waals surface area contributed by atoms with Gasteiger partial charge in [0, 0.05) is 18.7 Å². The molecule has 2 heterocycles. The van der Waals surface area contributed by atoms with Gasteiger partial charge >= 0.3 is 0 Å². The molecule has 8 heteroatoms. The minimum atomic E-state index is -3.66. The van der Waals surface area contributed by atoms with Crippen molar-refractivity contribution in [1.82, 2.24) is 10.3 Å². The van der Waals surface area contributed by atoms with E-state index in [0.29, 0.717) is 30.5 Å². The van der Waals surface area contributed by atoms with E-state index >= 15 is 0 Å². The van der Waals surface area contributed by atoms with Gasteiger partial charge in [0.1, 0.15) is 11.5 Å². The first-order chi connectivity index (χ1) is 12.8. The summed E-state index contributed by atoms with van der Waals surface area (Å²) in [5.74, 6) is -0.603. The summed E-state index contributed by atoms with van der Waals surface area (Å²) in [4.78, 5) is 16.3. The van der Waals surface area contributed by atoms with E-state index in [1.54, 1.807) is 6.92 Å². The topological polar surface area (TPSA) is 98.5 Å². The number of aromatic nitrogens is 1. The highest BCUT2D eigenvalue weighted by Crippen LogP contribution is 2.25. The van der Waals surface area contributed by atoms with Crippen LogP contribution in [0.5, 0.6) is 0 Å². The number of aryl methyl sites for hydroxylation is 2. The molecule has 1 atom stereocenters. The summed E-state index contributed by atoms with van der Waals surface area (Å²) in [5, 5.41) is 2.63. The number of carbonyl (C=O) groups is 1. The second kappa shape index (κ2) is 8.22. The third-order valence-corrected chi connectivity index (χ3v) is 5.94. The lowest BCUT2D eigenvalue weighted by Crippen LogP contribution is -2.36. The van der Waals surface area contributed by atoms with E-state index in [1.807, 2.05) is 31.2 Å². The van der Waals surface area contributed by atoms with Gasteiger partial charge in [-0.3, -0.25) is 4.79 Å². The maximum absolute atomic E-state index is 12.4. The van der Waals surface area contributed by atoms with Gasteiger partial charge in [-0.25, -0.2) is 13.4 Å². The van der Waals surface area contributed by atoms with E-state index in [-0.39, 0.29) is 11.9 Å². The first-order valence-electron chi connectivity index (χ1n) is 8.95. The molecular formula is C19H24N2O5S. The summed E-state index contributed by atoms with van der Waals surface area (Å²) in [6, 6.07) is 7.59. The Bertz CT molecular complexity index is 914. The van der Waals surface area contributed by atoms with Gasteiger partial charge in [-0.2, -0.15) is 0 Å². The zero-order valence-electron chi connectivity index (χ0n) is 15.5. The summed E-state index contributed by atoms with van der Waals surface area (Å²) in [6.07, 6.45) is 1.83. The summed E-state index contributed by atoms with van der Waals surface area (Å²) < 4.78 is 35.9. The number of carbonyl (C=O) groups excluding carboxylic acids is 1.